The first-order valence-electron chi connectivity index (χ1n) is 10.0. The van der Waals surface area contributed by atoms with Gasteiger partial charge in [-0.3, -0.25) is 0 Å². The largest absolute Gasteiger partial charge is 0.423 e. The first-order chi connectivity index (χ1) is 15.6. The molecule has 0 spiro atoms. The second-order valence-corrected chi connectivity index (χ2v) is 7.65. The second-order valence-electron chi connectivity index (χ2n) is 7.65. The van der Waals surface area contributed by atoms with E-state index in [1.807, 2.05) is 0 Å². The zero-order valence-corrected chi connectivity index (χ0v) is 18.5. The van der Waals surface area contributed by atoms with Gasteiger partial charge in [0.05, 0.1) is 0 Å². The number of esters is 2. The highest BCUT2D eigenvalue weighted by atomic mass is 19.1. The SMILES string of the molecule is C=C(C)C(=O)Oc1ccc(-c2ccc(-c3ccc(OC(=O)C(=C)C)cc3F)cc2F)c(C)c1. The molecule has 168 valence electrons. The molecule has 0 saturated heterocycles. The Morgan fingerprint density at radius 1 is 0.697 bits per heavy atom. The van der Waals surface area contributed by atoms with E-state index < -0.39 is 23.6 Å². The number of carbonyl (C=O) groups excluding carboxylic acids is 2. The monoisotopic (exact) mass is 448 g/mol. The number of carbonyl (C=O) groups is 2. The lowest BCUT2D eigenvalue weighted by atomic mass is 9.96. The maximum atomic E-state index is 15.0. The van der Waals surface area contributed by atoms with Gasteiger partial charge in [-0.2, -0.15) is 0 Å². The van der Waals surface area contributed by atoms with Crippen LogP contribution in [0.1, 0.15) is 19.4 Å². The molecule has 0 aliphatic heterocycles. The molecular weight excluding hydrogens is 426 g/mol. The molecule has 6 heteroatoms. The number of ether oxygens (including phenoxy) is 2. The molecule has 3 aromatic rings. The second kappa shape index (κ2) is 9.61. The van der Waals surface area contributed by atoms with E-state index in [4.69, 9.17) is 9.47 Å². The molecule has 0 bridgehead atoms. The Morgan fingerprint density at radius 2 is 1.18 bits per heavy atom. The van der Waals surface area contributed by atoms with Crippen molar-refractivity contribution in [2.45, 2.75) is 20.8 Å². The molecule has 0 unspecified atom stereocenters. The number of benzene rings is 3. The van der Waals surface area contributed by atoms with E-state index in [1.165, 1.54) is 25.1 Å². The van der Waals surface area contributed by atoms with Crippen molar-refractivity contribution >= 4 is 11.9 Å². The van der Waals surface area contributed by atoms with E-state index in [2.05, 4.69) is 13.2 Å². The van der Waals surface area contributed by atoms with Crippen molar-refractivity contribution in [2.24, 2.45) is 0 Å². The summed E-state index contributed by atoms with van der Waals surface area (Å²) in [6.45, 7) is 11.8. The third-order valence-corrected chi connectivity index (χ3v) is 4.83. The van der Waals surface area contributed by atoms with Crippen LogP contribution < -0.4 is 9.47 Å². The fourth-order valence-electron chi connectivity index (χ4n) is 3.08. The van der Waals surface area contributed by atoms with Gasteiger partial charge in [0.1, 0.15) is 23.1 Å². The lowest BCUT2D eigenvalue weighted by molar-refractivity contribution is -0.130. The number of halogens is 2. The summed E-state index contributed by atoms with van der Waals surface area (Å²) < 4.78 is 39.8. The number of rotatable bonds is 6. The van der Waals surface area contributed by atoms with Crippen molar-refractivity contribution < 1.29 is 27.8 Å². The van der Waals surface area contributed by atoms with Crippen LogP contribution in [0.3, 0.4) is 0 Å². The summed E-state index contributed by atoms with van der Waals surface area (Å²) >= 11 is 0. The molecule has 0 atom stereocenters. The third-order valence-electron chi connectivity index (χ3n) is 4.83. The van der Waals surface area contributed by atoms with Gasteiger partial charge in [-0.25, -0.2) is 18.4 Å². The Bertz CT molecular complexity index is 1290. The van der Waals surface area contributed by atoms with Crippen LogP contribution in [-0.2, 0) is 9.59 Å². The normalized spacial score (nSPS) is 10.5. The Hall–Kier alpha value is -4.06. The molecular formula is C27H22F2O4. The van der Waals surface area contributed by atoms with Crippen molar-refractivity contribution in [3.05, 3.63) is 96.1 Å². The lowest BCUT2D eigenvalue weighted by Crippen LogP contribution is -2.08. The van der Waals surface area contributed by atoms with E-state index in [-0.39, 0.29) is 22.5 Å². The highest BCUT2D eigenvalue weighted by Gasteiger charge is 2.15. The van der Waals surface area contributed by atoms with Crippen molar-refractivity contribution in [3.63, 3.8) is 0 Å². The molecule has 33 heavy (non-hydrogen) atoms. The van der Waals surface area contributed by atoms with Gasteiger partial charge in [-0.05, 0) is 67.8 Å². The fraction of sp³-hybridized carbons (Fsp3) is 0.111. The van der Waals surface area contributed by atoms with Crippen molar-refractivity contribution in [1.82, 2.24) is 0 Å². The van der Waals surface area contributed by atoms with Gasteiger partial charge in [0, 0.05) is 28.3 Å². The first-order valence-corrected chi connectivity index (χ1v) is 10.0. The molecule has 0 fully saturated rings. The van der Waals surface area contributed by atoms with Crippen molar-refractivity contribution in [3.8, 4) is 33.8 Å². The first kappa shape index (κ1) is 23.6. The van der Waals surface area contributed by atoms with Gasteiger partial charge in [-0.1, -0.05) is 31.4 Å². The predicted molar refractivity (Wildman–Crippen MR) is 123 cm³/mol. The Kier molecular flexibility index (Phi) is 6.87. The van der Waals surface area contributed by atoms with Crippen molar-refractivity contribution in [2.75, 3.05) is 0 Å². The summed E-state index contributed by atoms with van der Waals surface area (Å²) in [6, 6.07) is 13.2. The van der Waals surface area contributed by atoms with Crippen LogP contribution in [0.15, 0.2) is 78.9 Å². The van der Waals surface area contributed by atoms with E-state index in [9.17, 15) is 18.4 Å². The van der Waals surface area contributed by atoms with Gasteiger partial charge >= 0.3 is 11.9 Å². The minimum Gasteiger partial charge on any atom is -0.423 e. The van der Waals surface area contributed by atoms with Crippen molar-refractivity contribution in [1.29, 1.82) is 0 Å². The minimum absolute atomic E-state index is 0.0319. The van der Waals surface area contributed by atoms with Crippen LogP contribution in [0.2, 0.25) is 0 Å². The van der Waals surface area contributed by atoms with Gasteiger partial charge < -0.3 is 9.47 Å². The quantitative estimate of drug-likeness (QED) is 0.243. The Labute approximate surface area is 190 Å². The molecule has 3 rings (SSSR count). The molecule has 0 aromatic heterocycles. The molecule has 0 heterocycles. The fourth-order valence-corrected chi connectivity index (χ4v) is 3.08. The van der Waals surface area contributed by atoms with Gasteiger partial charge in [0.2, 0.25) is 0 Å². The average molecular weight is 448 g/mol. The zero-order valence-electron chi connectivity index (χ0n) is 18.5. The summed E-state index contributed by atoms with van der Waals surface area (Å²) in [5.74, 6) is -2.04. The average Bonchev–Trinajstić information content (AvgIpc) is 2.74. The van der Waals surface area contributed by atoms with Crippen LogP contribution >= 0.6 is 0 Å². The molecule has 3 aromatic carbocycles. The van der Waals surface area contributed by atoms with Crippen LogP contribution in [0.25, 0.3) is 22.3 Å². The topological polar surface area (TPSA) is 52.6 Å². The molecule has 4 nitrogen and oxygen atoms in total. The van der Waals surface area contributed by atoms with Gasteiger partial charge in [0.25, 0.3) is 0 Å². The number of hydrogen-bond donors (Lipinski definition) is 0. The summed E-state index contributed by atoms with van der Waals surface area (Å²) in [7, 11) is 0. The summed E-state index contributed by atoms with van der Waals surface area (Å²) in [4.78, 5) is 23.3. The molecule has 0 saturated carbocycles. The molecule has 0 N–H and O–H groups in total. The van der Waals surface area contributed by atoms with Crippen LogP contribution in [0.4, 0.5) is 8.78 Å². The van der Waals surface area contributed by atoms with Gasteiger partial charge in [0.15, 0.2) is 0 Å². The van der Waals surface area contributed by atoms with E-state index in [0.29, 0.717) is 28.0 Å². The maximum Gasteiger partial charge on any atom is 0.338 e. The third kappa shape index (κ3) is 5.41. The molecule has 0 amide bonds. The molecule has 0 aliphatic carbocycles. The zero-order chi connectivity index (χ0) is 24.3. The van der Waals surface area contributed by atoms with E-state index in [1.54, 1.807) is 44.2 Å². The van der Waals surface area contributed by atoms with E-state index in [0.717, 1.165) is 6.07 Å². The Morgan fingerprint density at radius 3 is 1.67 bits per heavy atom. The number of aryl methyl sites for hydroxylation is 1. The molecule has 0 radical (unpaired) electrons. The van der Waals surface area contributed by atoms with Crippen LogP contribution in [0.5, 0.6) is 11.5 Å². The highest BCUT2D eigenvalue weighted by molar-refractivity contribution is 5.89. The van der Waals surface area contributed by atoms with Crippen LogP contribution in [-0.4, -0.2) is 11.9 Å². The maximum absolute atomic E-state index is 15.0. The Balaban J connectivity index is 1.87. The number of hydrogen-bond acceptors (Lipinski definition) is 4. The van der Waals surface area contributed by atoms with Crippen LogP contribution in [0, 0.1) is 18.6 Å². The minimum atomic E-state index is -0.659. The van der Waals surface area contributed by atoms with Gasteiger partial charge in [-0.15, -0.1) is 0 Å². The summed E-state index contributed by atoms with van der Waals surface area (Å²) in [5, 5.41) is 0. The standard InChI is InChI=1S/C27H22F2O4/c1-15(2)26(30)32-19-7-10-21(17(5)12-19)23-9-6-18(13-24(23)28)22-11-8-20(14-25(22)29)33-27(31)16(3)4/h6-14H,1,3H2,2,4-5H3. The summed E-state index contributed by atoms with van der Waals surface area (Å²) in [5.41, 5.74) is 2.58. The summed E-state index contributed by atoms with van der Waals surface area (Å²) in [6.07, 6.45) is 0. The molecule has 0 aliphatic rings. The predicted octanol–water partition coefficient (Wildman–Crippen LogP) is 6.57. The van der Waals surface area contributed by atoms with E-state index >= 15 is 0 Å². The lowest BCUT2D eigenvalue weighted by Gasteiger charge is -2.12. The smallest absolute Gasteiger partial charge is 0.338 e. The highest BCUT2D eigenvalue weighted by Crippen LogP contribution is 2.33.